The Morgan fingerprint density at radius 1 is 0.592 bits per heavy atom. The maximum atomic E-state index is 14.2. The number of aliphatic hydroxyl groups is 1. The van der Waals surface area contributed by atoms with Crippen molar-refractivity contribution in [3.63, 3.8) is 0 Å². The quantitative estimate of drug-likeness (QED) is 0.0138. The molecule has 0 saturated heterocycles. The average molecular weight is 996 g/mol. The minimum absolute atomic E-state index is 0.0762. The van der Waals surface area contributed by atoms with E-state index in [9.17, 15) is 69.3 Å². The molecule has 71 heavy (non-hydrogen) atoms. The molecule has 0 saturated carbocycles. The van der Waals surface area contributed by atoms with Gasteiger partial charge in [-0.1, -0.05) is 36.4 Å². The van der Waals surface area contributed by atoms with Crippen molar-refractivity contribution in [2.45, 2.75) is 50.4 Å². The van der Waals surface area contributed by atoms with E-state index in [2.05, 4.69) is 30.6 Å². The van der Waals surface area contributed by atoms with Crippen molar-refractivity contribution >= 4 is 81.9 Å². The van der Waals surface area contributed by atoms with Gasteiger partial charge in [-0.3, -0.25) is 59.1 Å². The predicted octanol–water partition coefficient (Wildman–Crippen LogP) is -6.25. The third-order valence-electron chi connectivity index (χ3n) is 8.77. The van der Waals surface area contributed by atoms with Gasteiger partial charge < -0.3 is 87.6 Å². The lowest BCUT2D eigenvalue weighted by molar-refractivity contribution is -0.393. The predicted molar refractivity (Wildman–Crippen MR) is 246 cm³/mol. The molecule has 0 aromatic heterocycles. The summed E-state index contributed by atoms with van der Waals surface area (Å²) >= 11 is 0. The summed E-state index contributed by atoms with van der Waals surface area (Å²) in [7, 11) is 0. The smallest absolute Gasteiger partial charge is 0.311 e. The van der Waals surface area contributed by atoms with Gasteiger partial charge in [0.05, 0.1) is 26.7 Å². The molecule has 0 aliphatic rings. The van der Waals surface area contributed by atoms with E-state index in [0.29, 0.717) is 11.0 Å². The van der Waals surface area contributed by atoms with Crippen molar-refractivity contribution in [2.75, 3.05) is 4.90 Å². The molecule has 0 fully saturated rings. The van der Waals surface area contributed by atoms with E-state index in [1.54, 1.807) is 0 Å². The number of rotatable bonds is 23. The number of nitrogens with two attached hydrogens (primary N) is 8. The first-order valence-electron chi connectivity index (χ1n) is 19.5. The second kappa shape index (κ2) is 24.3. The van der Waals surface area contributed by atoms with Crippen molar-refractivity contribution in [3.8, 4) is 5.75 Å². The lowest BCUT2D eigenvalue weighted by Crippen LogP contribution is -2.58. The molecule has 0 bridgehead atoms. The first kappa shape index (κ1) is 54.9. The number of phenols is 1. The van der Waals surface area contributed by atoms with Gasteiger partial charge >= 0.3 is 5.69 Å². The summed E-state index contributed by atoms with van der Waals surface area (Å²) in [6.45, 7) is 0.384. The molecule has 6 amide bonds. The molecule has 6 unspecified atom stereocenters. The minimum atomic E-state index is -2.59. The molecule has 3 aromatic rings. The van der Waals surface area contributed by atoms with E-state index in [4.69, 9.17) is 45.9 Å². The van der Waals surface area contributed by atoms with E-state index >= 15 is 0 Å². The van der Waals surface area contributed by atoms with Gasteiger partial charge in [0, 0.05) is 18.7 Å². The molecular weight excluding hydrogens is 951 g/mol. The van der Waals surface area contributed by atoms with Gasteiger partial charge in [0.2, 0.25) is 36.8 Å². The largest absolute Gasteiger partial charge is 0.502 e. The summed E-state index contributed by atoms with van der Waals surface area (Å²) in [5.41, 5.74) is 39.9. The Morgan fingerprint density at radius 2 is 1.07 bits per heavy atom. The van der Waals surface area contributed by atoms with Crippen LogP contribution in [0.5, 0.6) is 5.75 Å². The van der Waals surface area contributed by atoms with Crippen LogP contribution in [0.2, 0.25) is 0 Å². The number of nitrogens with zero attached hydrogens (tertiary/aromatic N) is 8. The summed E-state index contributed by atoms with van der Waals surface area (Å²) in [5, 5.41) is 67.3. The summed E-state index contributed by atoms with van der Waals surface area (Å²) in [6, 6.07) is 9.74. The molecule has 35 heteroatoms. The number of amides is 6. The van der Waals surface area contributed by atoms with Gasteiger partial charge in [0.15, 0.2) is 23.6 Å². The lowest BCUT2D eigenvalue weighted by atomic mass is 10.1. The number of non-ortho nitro benzene ring substituents is 1. The van der Waals surface area contributed by atoms with Gasteiger partial charge in [0.1, 0.15) is 11.7 Å². The van der Waals surface area contributed by atoms with Crippen molar-refractivity contribution in [2.24, 2.45) is 65.8 Å². The van der Waals surface area contributed by atoms with Crippen molar-refractivity contribution < 1.29 is 53.8 Å². The number of hydrogen-bond acceptors (Lipinski definition) is 19. The van der Waals surface area contributed by atoms with E-state index in [-0.39, 0.29) is 17.0 Å². The number of carbonyl (C=O) groups excluding carboxylic acids is 6. The number of nitro groups is 3. The number of nitrogens with one attached hydrogen (secondary N) is 5. The molecule has 0 aliphatic heterocycles. The number of benzene rings is 3. The number of amidine groups is 1. The van der Waals surface area contributed by atoms with Crippen LogP contribution in [-0.4, -0.2) is 115 Å². The zero-order valence-electron chi connectivity index (χ0n) is 36.5. The van der Waals surface area contributed by atoms with Crippen LogP contribution in [0.25, 0.3) is 0 Å². The third kappa shape index (κ3) is 15.8. The van der Waals surface area contributed by atoms with E-state index in [1.807, 2.05) is 16.0 Å². The normalized spacial score (nSPS) is 13.4. The number of carbonyl (C=O) groups is 6. The second-order valence-electron chi connectivity index (χ2n) is 14.1. The zero-order chi connectivity index (χ0) is 53.4. The van der Waals surface area contributed by atoms with Gasteiger partial charge in [-0.2, -0.15) is 0 Å². The fourth-order valence-corrected chi connectivity index (χ4v) is 5.78. The van der Waals surface area contributed by atoms with E-state index < -0.39 is 140 Å². The minimum Gasteiger partial charge on any atom is -0.502 e. The Kier molecular flexibility index (Phi) is 18.8. The molecule has 3 aromatic carbocycles. The maximum absolute atomic E-state index is 14.2. The van der Waals surface area contributed by atoms with Crippen LogP contribution >= 0.6 is 0 Å². The number of phenolic OH excluding ortho intramolecular Hbond substituents is 1. The molecule has 0 radical (unpaired) electrons. The van der Waals surface area contributed by atoms with Crippen LogP contribution in [0.4, 0.5) is 22.7 Å². The summed E-state index contributed by atoms with van der Waals surface area (Å²) in [4.78, 5) is 128. The van der Waals surface area contributed by atoms with Crippen molar-refractivity contribution in [1.82, 2.24) is 26.6 Å². The standard InChI is InChI=1S/C36H45N21O14/c1-14(37)45-25(29(61)47-24(23(38)59)51-34(39)40)49-31(63)27(53-36(43)44)50-30(62)26(52-35(41)42)48-28(60)22(16-5-3-2-4-6-16)46-32(64)33(65)54(13-15-7-10-21(58)20(11-15)57(70)71)18-9-8-17(55(66)67)12-19(18)56(68)69/h2-12,22,24-27,33,58,65H,13H2,1H3,(H2,37,45)(H2,38,59)(H,46,64)(H,47,61)(H,48,60)(H,49,63)(H,50,62)(H4,39,40,51)(H4,41,42,52)(H4,43,44,53). The molecule has 0 aliphatic carbocycles. The number of anilines is 1. The summed E-state index contributed by atoms with van der Waals surface area (Å²) in [5.74, 6) is -11.9. The van der Waals surface area contributed by atoms with Crippen molar-refractivity contribution in [1.29, 1.82) is 0 Å². The van der Waals surface area contributed by atoms with Crippen LogP contribution in [0.1, 0.15) is 24.1 Å². The number of aromatic hydroxyl groups is 1. The van der Waals surface area contributed by atoms with Gasteiger partial charge in [-0.25, -0.2) is 20.0 Å². The number of aliphatic imine (C=N–C) groups is 4. The first-order valence-corrected chi connectivity index (χ1v) is 19.5. The monoisotopic (exact) mass is 995 g/mol. The van der Waals surface area contributed by atoms with Crippen LogP contribution in [0.15, 0.2) is 86.7 Å². The highest BCUT2D eigenvalue weighted by atomic mass is 16.6. The molecule has 23 N–H and O–H groups in total. The molecule has 0 spiro atoms. The third-order valence-corrected chi connectivity index (χ3v) is 8.77. The van der Waals surface area contributed by atoms with E-state index in [1.165, 1.54) is 37.3 Å². The fraction of sp³-hybridized carbons (Fsp3) is 0.222. The van der Waals surface area contributed by atoms with Crippen LogP contribution in [-0.2, 0) is 35.3 Å². The Hall–Kier alpha value is -10.5. The zero-order valence-corrected chi connectivity index (χ0v) is 36.5. The maximum Gasteiger partial charge on any atom is 0.311 e. The molecular formula is C36H45N21O14. The molecule has 6 atom stereocenters. The summed E-state index contributed by atoms with van der Waals surface area (Å²) < 4.78 is 0. The molecule has 35 nitrogen and oxygen atoms in total. The number of primary amides is 1. The fourth-order valence-electron chi connectivity index (χ4n) is 5.78. The topological polar surface area (TPSA) is 593 Å². The van der Waals surface area contributed by atoms with Crippen molar-refractivity contribution in [3.05, 3.63) is 108 Å². The molecule has 378 valence electrons. The number of nitro benzene ring substituents is 3. The van der Waals surface area contributed by atoms with Gasteiger partial charge in [0.25, 0.3) is 40.9 Å². The Bertz CT molecular complexity index is 2680. The molecule has 3 rings (SSSR count). The van der Waals surface area contributed by atoms with Crippen LogP contribution in [0.3, 0.4) is 0 Å². The number of guanidine groups is 3. The molecule has 0 heterocycles. The Labute approximate surface area is 396 Å². The number of hydrogen-bond donors (Lipinski definition) is 15. The summed E-state index contributed by atoms with van der Waals surface area (Å²) in [6.07, 6.45) is -11.0. The average Bonchev–Trinajstić information content (AvgIpc) is 3.28. The Balaban J connectivity index is 2.05. The highest BCUT2D eigenvalue weighted by molar-refractivity contribution is 5.99. The SMILES string of the molecule is CC(N)=NC(NC(=O)C(N=C(N)N)NC(=O)C(N=C(N)N)NC(=O)C(NC(=O)C(O)N(Cc1ccc(O)c([N+](=O)[O-])c1)c1ccc([N+](=O)[O-])cc1[N+](=O)[O-])c1ccccc1)C(=O)NC(N=C(N)N)C(N)=O. The number of aliphatic hydroxyl groups excluding tert-OH is 1. The Morgan fingerprint density at radius 3 is 1.54 bits per heavy atom. The lowest BCUT2D eigenvalue weighted by Gasteiger charge is -2.30. The second-order valence-corrected chi connectivity index (χ2v) is 14.1. The van der Waals surface area contributed by atoms with E-state index in [0.717, 1.165) is 30.3 Å². The van der Waals surface area contributed by atoms with Gasteiger partial charge in [-0.15, -0.1) is 0 Å². The van der Waals surface area contributed by atoms with Crippen LogP contribution in [0, 0.1) is 30.3 Å². The first-order chi connectivity index (χ1) is 33.2. The van der Waals surface area contributed by atoms with Gasteiger partial charge in [-0.05, 0) is 30.2 Å². The highest BCUT2D eigenvalue weighted by Crippen LogP contribution is 2.35. The highest BCUT2D eigenvalue weighted by Gasteiger charge is 2.36. The van der Waals surface area contributed by atoms with Crippen LogP contribution < -0.4 is 77.4 Å².